The van der Waals surface area contributed by atoms with Crippen LogP contribution in [0.25, 0.3) is 0 Å². The molecule has 0 aliphatic heterocycles. The summed E-state index contributed by atoms with van der Waals surface area (Å²) in [5.41, 5.74) is 1.79. The van der Waals surface area contributed by atoms with Gasteiger partial charge in [0.25, 0.3) is 0 Å². The Bertz CT molecular complexity index is 660. The average Bonchev–Trinajstić information content (AvgIpc) is 2.39. The summed E-state index contributed by atoms with van der Waals surface area (Å²) in [5.74, 6) is -1.00. The molecule has 19 heavy (non-hydrogen) atoms. The topological polar surface area (TPSA) is 74.0 Å². The molecule has 0 unspecified atom stereocenters. The summed E-state index contributed by atoms with van der Waals surface area (Å²) >= 11 is 1.35. The van der Waals surface area contributed by atoms with Crippen molar-refractivity contribution in [2.24, 2.45) is 0 Å². The monoisotopic (exact) mass is 270 g/mol. The lowest BCUT2D eigenvalue weighted by Crippen LogP contribution is -1.96. The van der Waals surface area contributed by atoms with Gasteiger partial charge in [-0.05, 0) is 36.8 Å². The Kier molecular flexibility index (Phi) is 3.83. The summed E-state index contributed by atoms with van der Waals surface area (Å²) in [6.45, 7) is 1.95. The molecule has 0 aliphatic rings. The molecule has 0 atom stereocenters. The molecule has 2 rings (SSSR count). The predicted molar refractivity (Wildman–Crippen MR) is 71.2 cm³/mol. The molecule has 1 aromatic carbocycles. The van der Waals surface area contributed by atoms with Crippen molar-refractivity contribution in [2.75, 3.05) is 0 Å². The van der Waals surface area contributed by atoms with E-state index in [0.717, 1.165) is 10.5 Å². The Balaban J connectivity index is 2.28. The maximum atomic E-state index is 10.7. The van der Waals surface area contributed by atoms with E-state index < -0.39 is 5.97 Å². The molecule has 0 saturated heterocycles. The quantitative estimate of drug-likeness (QED) is 0.927. The van der Waals surface area contributed by atoms with E-state index in [1.165, 1.54) is 24.0 Å². The molecule has 1 aromatic heterocycles. The predicted octanol–water partition coefficient (Wildman–Crippen LogP) is 3.11. The first-order valence-corrected chi connectivity index (χ1v) is 6.30. The van der Waals surface area contributed by atoms with E-state index in [-0.39, 0.29) is 5.56 Å². The highest BCUT2D eigenvalue weighted by Gasteiger charge is 2.07. The van der Waals surface area contributed by atoms with Crippen LogP contribution in [0.5, 0.6) is 0 Å². The molecule has 2 aromatic rings. The van der Waals surface area contributed by atoms with Crippen molar-refractivity contribution < 1.29 is 9.90 Å². The standard InChI is InChI=1S/C14H10N2O2S/c1-9-2-3-10(7-15)12(6-9)19-13-5-4-11(8-16-13)14(17)18/h2-6,8H,1H3,(H,17,18). The van der Waals surface area contributed by atoms with Gasteiger partial charge >= 0.3 is 5.97 Å². The Morgan fingerprint density at radius 1 is 1.37 bits per heavy atom. The first-order valence-electron chi connectivity index (χ1n) is 5.48. The van der Waals surface area contributed by atoms with Gasteiger partial charge in [-0.15, -0.1) is 0 Å². The minimum Gasteiger partial charge on any atom is -0.478 e. The van der Waals surface area contributed by atoms with Gasteiger partial charge in [-0.3, -0.25) is 0 Å². The Labute approximate surface area is 114 Å². The molecule has 1 N–H and O–H groups in total. The van der Waals surface area contributed by atoms with Gasteiger partial charge in [-0.1, -0.05) is 17.8 Å². The van der Waals surface area contributed by atoms with Gasteiger partial charge in [-0.25, -0.2) is 9.78 Å². The van der Waals surface area contributed by atoms with E-state index in [0.29, 0.717) is 10.6 Å². The van der Waals surface area contributed by atoms with Gasteiger partial charge in [0.1, 0.15) is 11.1 Å². The molecule has 5 heteroatoms. The third-order valence-corrected chi connectivity index (χ3v) is 3.46. The highest BCUT2D eigenvalue weighted by Crippen LogP contribution is 2.29. The molecule has 0 radical (unpaired) electrons. The van der Waals surface area contributed by atoms with Crippen molar-refractivity contribution in [2.45, 2.75) is 16.8 Å². The maximum absolute atomic E-state index is 10.7. The highest BCUT2D eigenvalue weighted by molar-refractivity contribution is 7.99. The molecule has 4 nitrogen and oxygen atoms in total. The lowest BCUT2D eigenvalue weighted by atomic mass is 10.2. The smallest absolute Gasteiger partial charge is 0.337 e. The summed E-state index contributed by atoms with van der Waals surface area (Å²) in [7, 11) is 0. The number of hydrogen-bond acceptors (Lipinski definition) is 4. The van der Waals surface area contributed by atoms with Crippen molar-refractivity contribution in [1.82, 2.24) is 4.98 Å². The first kappa shape index (κ1) is 13.1. The minimum atomic E-state index is -1.00. The fourth-order valence-corrected chi connectivity index (χ4v) is 2.42. The van der Waals surface area contributed by atoms with Gasteiger partial charge < -0.3 is 5.11 Å². The molecular formula is C14H10N2O2S. The highest BCUT2D eigenvalue weighted by atomic mass is 32.2. The van der Waals surface area contributed by atoms with Gasteiger partial charge in [0.15, 0.2) is 0 Å². The number of carbonyl (C=O) groups is 1. The molecular weight excluding hydrogens is 260 g/mol. The number of aryl methyl sites for hydroxylation is 1. The number of pyridine rings is 1. The third kappa shape index (κ3) is 3.12. The van der Waals surface area contributed by atoms with Crippen LogP contribution in [-0.4, -0.2) is 16.1 Å². The van der Waals surface area contributed by atoms with Crippen LogP contribution in [0.4, 0.5) is 0 Å². The zero-order chi connectivity index (χ0) is 13.8. The van der Waals surface area contributed by atoms with E-state index in [1.54, 1.807) is 12.1 Å². The minimum absolute atomic E-state index is 0.147. The molecule has 0 amide bonds. The van der Waals surface area contributed by atoms with E-state index in [4.69, 9.17) is 10.4 Å². The Morgan fingerprint density at radius 2 is 2.16 bits per heavy atom. The van der Waals surface area contributed by atoms with Crippen LogP contribution in [-0.2, 0) is 0 Å². The molecule has 0 saturated carbocycles. The lowest BCUT2D eigenvalue weighted by Gasteiger charge is -2.04. The molecule has 1 heterocycles. The van der Waals surface area contributed by atoms with Crippen molar-refractivity contribution >= 4 is 17.7 Å². The maximum Gasteiger partial charge on any atom is 0.337 e. The van der Waals surface area contributed by atoms with Crippen LogP contribution in [0.15, 0.2) is 46.5 Å². The summed E-state index contributed by atoms with van der Waals surface area (Å²) in [5, 5.41) is 18.5. The third-order valence-electron chi connectivity index (χ3n) is 2.46. The van der Waals surface area contributed by atoms with E-state index >= 15 is 0 Å². The van der Waals surface area contributed by atoms with E-state index in [1.807, 2.05) is 19.1 Å². The number of nitriles is 1. The van der Waals surface area contributed by atoms with Crippen LogP contribution in [0.2, 0.25) is 0 Å². The number of carboxylic acid groups (broad SMARTS) is 1. The molecule has 94 valence electrons. The number of aromatic carboxylic acids is 1. The fourth-order valence-electron chi connectivity index (χ4n) is 1.49. The Morgan fingerprint density at radius 3 is 2.74 bits per heavy atom. The zero-order valence-corrected chi connectivity index (χ0v) is 10.9. The van der Waals surface area contributed by atoms with Crippen LogP contribution >= 0.6 is 11.8 Å². The van der Waals surface area contributed by atoms with E-state index in [2.05, 4.69) is 11.1 Å². The SMILES string of the molecule is Cc1ccc(C#N)c(Sc2ccc(C(=O)O)cn2)c1. The molecule has 0 aliphatic carbocycles. The van der Waals surface area contributed by atoms with Crippen LogP contribution in [0.1, 0.15) is 21.5 Å². The van der Waals surface area contributed by atoms with Gasteiger partial charge in [-0.2, -0.15) is 5.26 Å². The largest absolute Gasteiger partial charge is 0.478 e. The second-order valence-corrected chi connectivity index (χ2v) is 4.97. The van der Waals surface area contributed by atoms with E-state index in [9.17, 15) is 4.79 Å². The molecule has 0 spiro atoms. The second kappa shape index (κ2) is 5.55. The first-order chi connectivity index (χ1) is 9.10. The fraction of sp³-hybridized carbons (Fsp3) is 0.0714. The molecule has 0 fully saturated rings. The number of benzene rings is 1. The normalized spacial score (nSPS) is 9.89. The summed E-state index contributed by atoms with van der Waals surface area (Å²) < 4.78 is 0. The zero-order valence-electron chi connectivity index (χ0n) is 10.1. The summed E-state index contributed by atoms with van der Waals surface area (Å²) in [4.78, 5) is 15.6. The lowest BCUT2D eigenvalue weighted by molar-refractivity contribution is 0.0696. The average molecular weight is 270 g/mol. The van der Waals surface area contributed by atoms with Gasteiger partial charge in [0.05, 0.1) is 11.1 Å². The number of nitrogens with zero attached hydrogens (tertiary/aromatic N) is 2. The summed E-state index contributed by atoms with van der Waals surface area (Å²) in [6, 6.07) is 10.8. The van der Waals surface area contributed by atoms with Crippen molar-refractivity contribution in [3.8, 4) is 6.07 Å². The van der Waals surface area contributed by atoms with Crippen molar-refractivity contribution in [3.05, 3.63) is 53.2 Å². The van der Waals surface area contributed by atoms with Crippen LogP contribution in [0.3, 0.4) is 0 Å². The van der Waals surface area contributed by atoms with Gasteiger partial charge in [0, 0.05) is 11.1 Å². The second-order valence-electron chi connectivity index (χ2n) is 3.90. The summed E-state index contributed by atoms with van der Waals surface area (Å²) in [6.07, 6.45) is 1.31. The van der Waals surface area contributed by atoms with Crippen molar-refractivity contribution in [1.29, 1.82) is 5.26 Å². The van der Waals surface area contributed by atoms with Crippen LogP contribution in [0, 0.1) is 18.3 Å². The number of carboxylic acids is 1. The van der Waals surface area contributed by atoms with Crippen LogP contribution < -0.4 is 0 Å². The van der Waals surface area contributed by atoms with Crippen molar-refractivity contribution in [3.63, 3.8) is 0 Å². The number of aromatic nitrogens is 1. The number of rotatable bonds is 3. The van der Waals surface area contributed by atoms with Gasteiger partial charge in [0.2, 0.25) is 0 Å². The number of hydrogen-bond donors (Lipinski definition) is 1. The Hall–Kier alpha value is -2.32. The molecule has 0 bridgehead atoms.